The van der Waals surface area contributed by atoms with Crippen LogP contribution < -0.4 is 10.0 Å². The van der Waals surface area contributed by atoms with Crippen LogP contribution in [-0.4, -0.2) is 19.9 Å². The Morgan fingerprint density at radius 1 is 1.38 bits per heavy atom. The molecule has 0 amide bonds. The van der Waals surface area contributed by atoms with Gasteiger partial charge in [0.05, 0.1) is 0 Å². The van der Waals surface area contributed by atoms with E-state index in [1.165, 1.54) is 11.3 Å². The first-order valence-corrected chi connectivity index (χ1v) is 9.60. The van der Waals surface area contributed by atoms with Crippen LogP contribution in [0.25, 0.3) is 0 Å². The molecule has 0 unspecified atom stereocenters. The highest BCUT2D eigenvalue weighted by molar-refractivity contribution is 9.10. The molecular weight excluding hydrogens is 374 g/mol. The molecule has 0 fully saturated rings. The second-order valence-electron chi connectivity index (χ2n) is 4.38. The van der Waals surface area contributed by atoms with Crippen molar-refractivity contribution in [3.8, 4) is 0 Å². The lowest BCUT2D eigenvalue weighted by molar-refractivity contribution is 0.600. The molecule has 1 heterocycles. The van der Waals surface area contributed by atoms with Crippen LogP contribution in [-0.2, 0) is 16.6 Å². The topological polar surface area (TPSA) is 71.1 Å². The Labute approximate surface area is 137 Å². The second-order valence-corrected chi connectivity index (χ2v) is 7.78. The fourth-order valence-electron chi connectivity index (χ4n) is 1.73. The number of thiazole rings is 1. The minimum Gasteiger partial charge on any atom is -0.313 e. The quantitative estimate of drug-likeness (QED) is 0.713. The van der Waals surface area contributed by atoms with E-state index >= 15 is 0 Å². The van der Waals surface area contributed by atoms with Gasteiger partial charge < -0.3 is 5.32 Å². The minimum atomic E-state index is -3.63. The molecule has 2 aromatic rings. The first-order valence-electron chi connectivity index (χ1n) is 6.44. The molecule has 0 saturated carbocycles. The Kier molecular flexibility index (Phi) is 5.74. The van der Waals surface area contributed by atoms with Gasteiger partial charge >= 0.3 is 0 Å². The number of hydrogen-bond donors (Lipinski definition) is 2. The zero-order valence-electron chi connectivity index (χ0n) is 11.5. The summed E-state index contributed by atoms with van der Waals surface area (Å²) in [7, 11) is -3.63. The molecule has 0 aliphatic rings. The number of rotatable bonds is 7. The van der Waals surface area contributed by atoms with Gasteiger partial charge in [-0.15, -0.1) is 11.3 Å². The van der Waals surface area contributed by atoms with E-state index in [1.807, 2.05) is 12.1 Å². The third-order valence-electron chi connectivity index (χ3n) is 2.70. The molecule has 0 radical (unpaired) electrons. The first kappa shape index (κ1) is 16.4. The SMILES string of the molecule is CCCNCc1ccc(S(=O)(=O)Nc2nccs2)c(Br)c1. The highest BCUT2D eigenvalue weighted by atomic mass is 79.9. The predicted octanol–water partition coefficient (Wildman–Crippen LogP) is 3.21. The van der Waals surface area contributed by atoms with Crippen molar-refractivity contribution >= 4 is 42.4 Å². The summed E-state index contributed by atoms with van der Waals surface area (Å²) >= 11 is 4.57. The monoisotopic (exact) mass is 389 g/mol. The highest BCUT2D eigenvalue weighted by Gasteiger charge is 2.18. The molecule has 0 atom stereocenters. The smallest absolute Gasteiger partial charge is 0.264 e. The van der Waals surface area contributed by atoms with Crippen LogP contribution in [0.5, 0.6) is 0 Å². The zero-order chi connectivity index (χ0) is 15.3. The summed E-state index contributed by atoms with van der Waals surface area (Å²) in [6.07, 6.45) is 2.62. The summed E-state index contributed by atoms with van der Waals surface area (Å²) < 4.78 is 27.6. The summed E-state index contributed by atoms with van der Waals surface area (Å²) in [6, 6.07) is 5.23. The molecule has 5 nitrogen and oxygen atoms in total. The van der Waals surface area contributed by atoms with Gasteiger partial charge in [-0.1, -0.05) is 13.0 Å². The van der Waals surface area contributed by atoms with Crippen molar-refractivity contribution < 1.29 is 8.42 Å². The van der Waals surface area contributed by atoms with E-state index < -0.39 is 10.0 Å². The van der Waals surface area contributed by atoms with Gasteiger partial charge in [-0.3, -0.25) is 4.72 Å². The normalized spacial score (nSPS) is 11.5. The number of hydrogen-bond acceptors (Lipinski definition) is 5. The molecule has 0 aliphatic carbocycles. The van der Waals surface area contributed by atoms with Gasteiger partial charge in [0.1, 0.15) is 4.90 Å². The summed E-state index contributed by atoms with van der Waals surface area (Å²) in [4.78, 5) is 4.13. The van der Waals surface area contributed by atoms with E-state index in [0.29, 0.717) is 16.1 Å². The average Bonchev–Trinajstić information content (AvgIpc) is 2.91. The van der Waals surface area contributed by atoms with Gasteiger partial charge in [0.2, 0.25) is 0 Å². The van der Waals surface area contributed by atoms with Crippen molar-refractivity contribution in [2.45, 2.75) is 24.8 Å². The van der Waals surface area contributed by atoms with Crippen molar-refractivity contribution in [1.29, 1.82) is 0 Å². The summed E-state index contributed by atoms with van der Waals surface area (Å²) in [6.45, 7) is 3.75. The maximum Gasteiger partial charge on any atom is 0.264 e. The van der Waals surface area contributed by atoms with Crippen LogP contribution in [0.2, 0.25) is 0 Å². The predicted molar refractivity (Wildman–Crippen MR) is 89.1 cm³/mol. The van der Waals surface area contributed by atoms with Gasteiger partial charge in [0.15, 0.2) is 5.13 Å². The molecule has 21 heavy (non-hydrogen) atoms. The molecule has 1 aromatic carbocycles. The van der Waals surface area contributed by atoms with Crippen molar-refractivity contribution in [1.82, 2.24) is 10.3 Å². The van der Waals surface area contributed by atoms with Gasteiger partial charge in [0, 0.05) is 22.6 Å². The molecule has 0 spiro atoms. The van der Waals surface area contributed by atoms with Crippen molar-refractivity contribution in [3.63, 3.8) is 0 Å². The fraction of sp³-hybridized carbons (Fsp3) is 0.308. The van der Waals surface area contributed by atoms with Crippen molar-refractivity contribution in [2.24, 2.45) is 0 Å². The number of halogens is 1. The largest absolute Gasteiger partial charge is 0.313 e. The van der Waals surface area contributed by atoms with E-state index in [9.17, 15) is 8.42 Å². The van der Waals surface area contributed by atoms with Crippen LogP contribution >= 0.6 is 27.3 Å². The molecule has 0 aliphatic heterocycles. The van der Waals surface area contributed by atoms with E-state index in [0.717, 1.165) is 18.5 Å². The Balaban J connectivity index is 2.16. The number of sulfonamides is 1. The maximum absolute atomic E-state index is 12.3. The molecule has 2 N–H and O–H groups in total. The number of nitrogens with zero attached hydrogens (tertiary/aromatic N) is 1. The maximum atomic E-state index is 12.3. The lowest BCUT2D eigenvalue weighted by Crippen LogP contribution is -2.15. The second kappa shape index (κ2) is 7.35. The molecule has 0 saturated heterocycles. The van der Waals surface area contributed by atoms with E-state index in [2.05, 4.69) is 37.9 Å². The van der Waals surface area contributed by atoms with Crippen molar-refractivity contribution in [3.05, 3.63) is 39.8 Å². The number of nitrogens with one attached hydrogen (secondary N) is 2. The molecule has 0 bridgehead atoms. The zero-order valence-corrected chi connectivity index (χ0v) is 14.7. The molecular formula is C13H16BrN3O2S2. The molecule has 114 valence electrons. The Bertz CT molecular complexity index is 687. The Hall–Kier alpha value is -0.960. The van der Waals surface area contributed by atoms with Crippen LogP contribution in [0.4, 0.5) is 5.13 Å². The average molecular weight is 390 g/mol. The standard InChI is InChI=1S/C13H16BrN3O2S2/c1-2-5-15-9-10-3-4-12(11(14)8-10)21(18,19)17-13-16-6-7-20-13/h3-4,6-8,15H,2,5,9H2,1H3,(H,16,17). The van der Waals surface area contributed by atoms with E-state index in [1.54, 1.807) is 17.6 Å². The first-order chi connectivity index (χ1) is 10.0. The summed E-state index contributed by atoms with van der Waals surface area (Å²) in [5, 5.41) is 5.35. The van der Waals surface area contributed by atoms with Gasteiger partial charge in [-0.05, 0) is 46.6 Å². The minimum absolute atomic E-state index is 0.206. The third-order valence-corrected chi connectivity index (χ3v) is 5.83. The van der Waals surface area contributed by atoms with E-state index in [-0.39, 0.29) is 4.90 Å². The van der Waals surface area contributed by atoms with Gasteiger partial charge in [-0.2, -0.15) is 0 Å². The number of aromatic nitrogens is 1. The van der Waals surface area contributed by atoms with Gasteiger partial charge in [-0.25, -0.2) is 13.4 Å². The van der Waals surface area contributed by atoms with E-state index in [4.69, 9.17) is 0 Å². The van der Waals surface area contributed by atoms with Crippen LogP contribution in [0.15, 0.2) is 39.1 Å². The lowest BCUT2D eigenvalue weighted by atomic mass is 10.2. The van der Waals surface area contributed by atoms with Crippen LogP contribution in [0.3, 0.4) is 0 Å². The molecule has 2 rings (SSSR count). The molecule has 8 heteroatoms. The number of anilines is 1. The van der Waals surface area contributed by atoms with Crippen molar-refractivity contribution in [2.75, 3.05) is 11.3 Å². The Morgan fingerprint density at radius 2 is 2.19 bits per heavy atom. The van der Waals surface area contributed by atoms with Crippen LogP contribution in [0, 0.1) is 0 Å². The Morgan fingerprint density at radius 3 is 2.81 bits per heavy atom. The summed E-state index contributed by atoms with van der Waals surface area (Å²) in [5.74, 6) is 0. The fourth-order valence-corrected chi connectivity index (χ4v) is 4.64. The molecule has 1 aromatic heterocycles. The third kappa shape index (κ3) is 4.50. The lowest BCUT2D eigenvalue weighted by Gasteiger charge is -2.09. The van der Waals surface area contributed by atoms with Crippen LogP contribution in [0.1, 0.15) is 18.9 Å². The highest BCUT2D eigenvalue weighted by Crippen LogP contribution is 2.26. The number of benzene rings is 1. The van der Waals surface area contributed by atoms with Gasteiger partial charge in [0.25, 0.3) is 10.0 Å². The summed E-state index contributed by atoms with van der Waals surface area (Å²) in [5.41, 5.74) is 1.03.